The minimum atomic E-state index is -0.220. The number of hydrogen-bond acceptors (Lipinski definition) is 2. The summed E-state index contributed by atoms with van der Waals surface area (Å²) in [6.07, 6.45) is 11.8. The van der Waals surface area contributed by atoms with E-state index in [0.717, 1.165) is 29.9 Å². The minimum Gasteiger partial charge on any atom is -0.469 e. The van der Waals surface area contributed by atoms with Gasteiger partial charge in [-0.1, -0.05) is 0 Å². The monoisotopic (exact) mass is 260 g/mol. The molecule has 0 aliphatic heterocycles. The van der Waals surface area contributed by atoms with Gasteiger partial charge in [-0.15, -0.1) is 0 Å². The molecule has 2 heteroatoms. The maximum absolute atomic E-state index is 10.4. The molecule has 1 heterocycles. The first-order chi connectivity index (χ1) is 9.21. The first kappa shape index (κ1) is 12.0. The smallest absolute Gasteiger partial charge is 0.106 e. The van der Waals surface area contributed by atoms with E-state index in [9.17, 15) is 5.11 Å². The summed E-state index contributed by atoms with van der Waals surface area (Å²) in [7, 11) is 0. The van der Waals surface area contributed by atoms with Gasteiger partial charge in [0.25, 0.3) is 0 Å². The van der Waals surface area contributed by atoms with Gasteiger partial charge in [0.05, 0.1) is 12.4 Å². The Morgan fingerprint density at radius 2 is 1.79 bits per heavy atom. The summed E-state index contributed by atoms with van der Waals surface area (Å²) in [6.45, 7) is 0. The maximum atomic E-state index is 10.4. The molecule has 0 amide bonds. The Kier molecular flexibility index (Phi) is 2.77. The first-order valence-electron chi connectivity index (χ1n) is 7.91. The Labute approximate surface area is 115 Å². The largest absolute Gasteiger partial charge is 0.469 e. The van der Waals surface area contributed by atoms with Crippen molar-refractivity contribution in [1.29, 1.82) is 0 Å². The molecule has 1 aromatic rings. The van der Waals surface area contributed by atoms with Gasteiger partial charge in [-0.05, 0) is 80.2 Å². The molecule has 1 N–H and O–H groups in total. The Hall–Kier alpha value is -0.760. The van der Waals surface area contributed by atoms with Crippen molar-refractivity contribution in [2.45, 2.75) is 57.5 Å². The molecule has 1 atom stereocenters. The van der Waals surface area contributed by atoms with Gasteiger partial charge < -0.3 is 9.52 Å². The molecule has 1 aromatic heterocycles. The molecule has 0 spiro atoms. The lowest BCUT2D eigenvalue weighted by molar-refractivity contribution is -0.0760. The lowest BCUT2D eigenvalue weighted by Gasteiger charge is -2.57. The minimum absolute atomic E-state index is 0.220. The van der Waals surface area contributed by atoms with Crippen molar-refractivity contribution in [3.63, 3.8) is 0 Å². The molecule has 1 unspecified atom stereocenters. The van der Waals surface area contributed by atoms with Crippen molar-refractivity contribution in [2.75, 3.05) is 0 Å². The summed E-state index contributed by atoms with van der Waals surface area (Å²) < 4.78 is 5.36. The Bertz CT molecular complexity index is 399. The van der Waals surface area contributed by atoms with Crippen LogP contribution in [0.15, 0.2) is 22.8 Å². The summed E-state index contributed by atoms with van der Waals surface area (Å²) in [4.78, 5) is 0. The van der Waals surface area contributed by atoms with Crippen LogP contribution in [0, 0.1) is 23.2 Å². The topological polar surface area (TPSA) is 33.4 Å². The molecule has 5 rings (SSSR count). The second-order valence-electron chi connectivity index (χ2n) is 7.56. The maximum Gasteiger partial charge on any atom is 0.106 e. The predicted molar refractivity (Wildman–Crippen MR) is 73.6 cm³/mol. The van der Waals surface area contributed by atoms with Crippen LogP contribution in [0.1, 0.15) is 50.7 Å². The third-order valence-corrected chi connectivity index (χ3v) is 5.85. The number of hydrogen-bond donors (Lipinski definition) is 1. The van der Waals surface area contributed by atoms with E-state index in [1.54, 1.807) is 6.26 Å². The van der Waals surface area contributed by atoms with Crippen molar-refractivity contribution in [3.05, 3.63) is 24.2 Å². The molecule has 4 bridgehead atoms. The van der Waals surface area contributed by atoms with Gasteiger partial charge in [0, 0.05) is 6.42 Å². The van der Waals surface area contributed by atoms with Crippen molar-refractivity contribution in [2.24, 2.45) is 23.2 Å². The highest BCUT2D eigenvalue weighted by atomic mass is 16.3. The molecule has 2 nitrogen and oxygen atoms in total. The zero-order chi connectivity index (χ0) is 12.9. The van der Waals surface area contributed by atoms with E-state index in [-0.39, 0.29) is 6.10 Å². The lowest BCUT2D eigenvalue weighted by atomic mass is 9.48. The van der Waals surface area contributed by atoms with Gasteiger partial charge in [0.1, 0.15) is 5.76 Å². The van der Waals surface area contributed by atoms with E-state index >= 15 is 0 Å². The van der Waals surface area contributed by atoms with Gasteiger partial charge in [-0.2, -0.15) is 0 Å². The number of aliphatic hydroxyl groups excluding tert-OH is 1. The van der Waals surface area contributed by atoms with E-state index in [1.165, 1.54) is 38.5 Å². The summed E-state index contributed by atoms with van der Waals surface area (Å²) in [5.74, 6) is 3.85. The molecule has 4 aliphatic rings. The van der Waals surface area contributed by atoms with E-state index in [2.05, 4.69) is 0 Å². The van der Waals surface area contributed by atoms with Crippen molar-refractivity contribution in [3.8, 4) is 0 Å². The van der Waals surface area contributed by atoms with Crippen LogP contribution < -0.4 is 0 Å². The van der Waals surface area contributed by atoms with Crippen molar-refractivity contribution >= 4 is 0 Å². The van der Waals surface area contributed by atoms with Gasteiger partial charge in [-0.3, -0.25) is 0 Å². The van der Waals surface area contributed by atoms with E-state index < -0.39 is 0 Å². The van der Waals surface area contributed by atoms with Crippen LogP contribution in [0.25, 0.3) is 0 Å². The molecule has 104 valence electrons. The highest BCUT2D eigenvalue weighted by Gasteiger charge is 2.51. The number of rotatable bonds is 4. The molecule has 0 radical (unpaired) electrons. The second kappa shape index (κ2) is 4.37. The van der Waals surface area contributed by atoms with Crippen LogP contribution in [0.4, 0.5) is 0 Å². The highest BCUT2D eigenvalue weighted by molar-refractivity contribution is 5.04. The van der Waals surface area contributed by atoms with Gasteiger partial charge >= 0.3 is 0 Å². The number of aliphatic hydroxyl groups is 1. The average Bonchev–Trinajstić information content (AvgIpc) is 2.78. The summed E-state index contributed by atoms with van der Waals surface area (Å²) in [5, 5.41) is 10.4. The summed E-state index contributed by atoms with van der Waals surface area (Å²) >= 11 is 0. The third kappa shape index (κ3) is 2.24. The van der Waals surface area contributed by atoms with Gasteiger partial charge in [0.2, 0.25) is 0 Å². The Morgan fingerprint density at radius 1 is 1.16 bits per heavy atom. The standard InChI is InChI=1S/C17H24O2/c18-15(7-16-2-1-3-19-16)11-17-8-12-4-13(9-17)6-14(5-12)10-17/h1-3,12-15,18H,4-11H2. The summed E-state index contributed by atoms with van der Waals surface area (Å²) in [6, 6.07) is 3.88. The van der Waals surface area contributed by atoms with Crippen LogP contribution in [-0.2, 0) is 6.42 Å². The van der Waals surface area contributed by atoms with Gasteiger partial charge in [0.15, 0.2) is 0 Å². The molecule has 4 saturated carbocycles. The summed E-state index contributed by atoms with van der Waals surface area (Å²) in [5.41, 5.74) is 0.473. The van der Waals surface area contributed by atoms with Crippen molar-refractivity contribution in [1.82, 2.24) is 0 Å². The van der Waals surface area contributed by atoms with E-state index in [0.29, 0.717) is 11.8 Å². The molecule has 19 heavy (non-hydrogen) atoms. The molecular formula is C17H24O2. The van der Waals surface area contributed by atoms with Crippen LogP contribution in [0.2, 0.25) is 0 Å². The molecule has 0 aromatic carbocycles. The highest BCUT2D eigenvalue weighted by Crippen LogP contribution is 2.61. The molecule has 4 fully saturated rings. The van der Waals surface area contributed by atoms with Crippen LogP contribution in [0.3, 0.4) is 0 Å². The zero-order valence-electron chi connectivity index (χ0n) is 11.6. The fourth-order valence-corrected chi connectivity index (χ4v) is 5.77. The first-order valence-corrected chi connectivity index (χ1v) is 7.91. The van der Waals surface area contributed by atoms with Gasteiger partial charge in [-0.25, -0.2) is 0 Å². The SMILES string of the molecule is OC(Cc1ccco1)CC12CC3CC(CC(C3)C1)C2. The van der Waals surface area contributed by atoms with E-state index in [4.69, 9.17) is 4.42 Å². The van der Waals surface area contributed by atoms with Crippen LogP contribution in [-0.4, -0.2) is 11.2 Å². The third-order valence-electron chi connectivity index (χ3n) is 5.85. The molecule has 4 aliphatic carbocycles. The molecule has 0 saturated heterocycles. The zero-order valence-corrected chi connectivity index (χ0v) is 11.6. The quantitative estimate of drug-likeness (QED) is 0.893. The molecular weight excluding hydrogens is 236 g/mol. The Balaban J connectivity index is 1.44. The van der Waals surface area contributed by atoms with E-state index in [1.807, 2.05) is 12.1 Å². The fourth-order valence-electron chi connectivity index (χ4n) is 5.77. The number of furan rings is 1. The second-order valence-corrected chi connectivity index (χ2v) is 7.56. The normalized spacial score (nSPS) is 41.6. The fraction of sp³-hybridized carbons (Fsp3) is 0.765. The Morgan fingerprint density at radius 3 is 2.32 bits per heavy atom. The van der Waals surface area contributed by atoms with Crippen LogP contribution >= 0.6 is 0 Å². The van der Waals surface area contributed by atoms with Crippen LogP contribution in [0.5, 0.6) is 0 Å². The lowest BCUT2D eigenvalue weighted by Crippen LogP contribution is -2.47. The van der Waals surface area contributed by atoms with Crippen molar-refractivity contribution < 1.29 is 9.52 Å². The average molecular weight is 260 g/mol. The predicted octanol–water partition coefficient (Wildman–Crippen LogP) is 3.79.